The summed E-state index contributed by atoms with van der Waals surface area (Å²) >= 11 is 0. The molecule has 0 heterocycles. The third-order valence-electron chi connectivity index (χ3n) is 2.69. The van der Waals surface area contributed by atoms with Crippen LogP contribution >= 0.6 is 0 Å². The lowest BCUT2D eigenvalue weighted by Crippen LogP contribution is -2.30. The maximum absolute atomic E-state index is 11.7. The quantitative estimate of drug-likeness (QED) is 0.846. The predicted octanol–water partition coefficient (Wildman–Crippen LogP) is 2.40. The normalized spacial score (nSPS) is 11.4. The van der Waals surface area contributed by atoms with Gasteiger partial charge in [0, 0.05) is 18.5 Å². The zero-order valence-corrected chi connectivity index (χ0v) is 13.0. The van der Waals surface area contributed by atoms with Crippen molar-refractivity contribution in [2.75, 3.05) is 18.1 Å². The molecule has 5 nitrogen and oxygen atoms in total. The second kappa shape index (κ2) is 7.28. The molecular formula is C14H22N2O3S. The molecule has 1 rings (SSSR count). The molecule has 0 fully saturated rings. The van der Waals surface area contributed by atoms with Crippen LogP contribution in [-0.2, 0) is 15.6 Å². The van der Waals surface area contributed by atoms with Crippen molar-refractivity contribution in [2.24, 2.45) is 5.92 Å². The molecule has 0 aliphatic rings. The standard InChI is InChI=1S/C14H22N2O3S/c1-11(2)8-9-15-14(17)16-13-7-5-4-6-12(13)10-20(3,18)19/h4-7,11H,8-10H2,1-3H3,(H2,15,16,17). The van der Waals surface area contributed by atoms with Crippen LogP contribution in [0.4, 0.5) is 10.5 Å². The highest BCUT2D eigenvalue weighted by molar-refractivity contribution is 7.89. The third kappa shape index (κ3) is 6.56. The maximum atomic E-state index is 11.7. The molecule has 1 aromatic carbocycles. The Bertz CT molecular complexity index is 553. The summed E-state index contributed by atoms with van der Waals surface area (Å²) in [6, 6.07) is 6.59. The topological polar surface area (TPSA) is 75.3 Å². The average molecular weight is 298 g/mol. The van der Waals surface area contributed by atoms with Gasteiger partial charge in [-0.15, -0.1) is 0 Å². The van der Waals surface area contributed by atoms with E-state index in [1.165, 1.54) is 6.26 Å². The number of para-hydroxylation sites is 1. The van der Waals surface area contributed by atoms with Gasteiger partial charge in [-0.1, -0.05) is 32.0 Å². The largest absolute Gasteiger partial charge is 0.338 e. The first-order valence-electron chi connectivity index (χ1n) is 6.58. The van der Waals surface area contributed by atoms with Gasteiger partial charge in [-0.3, -0.25) is 0 Å². The number of rotatable bonds is 6. The van der Waals surface area contributed by atoms with E-state index in [9.17, 15) is 13.2 Å². The number of amides is 2. The predicted molar refractivity (Wildman–Crippen MR) is 81.5 cm³/mol. The summed E-state index contributed by atoms with van der Waals surface area (Å²) in [7, 11) is -3.14. The Kier molecular flexibility index (Phi) is 6.01. The van der Waals surface area contributed by atoms with Gasteiger partial charge in [0.05, 0.1) is 5.75 Å². The molecule has 2 N–H and O–H groups in total. The van der Waals surface area contributed by atoms with Gasteiger partial charge < -0.3 is 10.6 Å². The highest BCUT2D eigenvalue weighted by Gasteiger charge is 2.10. The molecule has 0 atom stereocenters. The minimum atomic E-state index is -3.14. The van der Waals surface area contributed by atoms with Gasteiger partial charge in [-0.2, -0.15) is 0 Å². The monoisotopic (exact) mass is 298 g/mol. The number of hydrogen-bond donors (Lipinski definition) is 2. The van der Waals surface area contributed by atoms with E-state index in [0.29, 0.717) is 23.7 Å². The van der Waals surface area contributed by atoms with Gasteiger partial charge in [0.2, 0.25) is 0 Å². The van der Waals surface area contributed by atoms with E-state index >= 15 is 0 Å². The highest BCUT2D eigenvalue weighted by Crippen LogP contribution is 2.17. The van der Waals surface area contributed by atoms with E-state index in [4.69, 9.17) is 0 Å². The molecule has 0 bridgehead atoms. The smallest absolute Gasteiger partial charge is 0.319 e. The van der Waals surface area contributed by atoms with E-state index < -0.39 is 9.84 Å². The van der Waals surface area contributed by atoms with Crippen molar-refractivity contribution >= 4 is 21.6 Å². The molecule has 20 heavy (non-hydrogen) atoms. The lowest BCUT2D eigenvalue weighted by Gasteiger charge is -2.12. The molecule has 0 unspecified atom stereocenters. The maximum Gasteiger partial charge on any atom is 0.319 e. The zero-order valence-electron chi connectivity index (χ0n) is 12.1. The SMILES string of the molecule is CC(C)CCNC(=O)Nc1ccccc1CS(C)(=O)=O. The molecule has 0 spiro atoms. The molecule has 0 saturated heterocycles. The molecule has 6 heteroatoms. The van der Waals surface area contributed by atoms with Crippen LogP contribution in [0.25, 0.3) is 0 Å². The van der Waals surface area contributed by atoms with Gasteiger partial charge in [0.15, 0.2) is 9.84 Å². The Morgan fingerprint density at radius 3 is 2.50 bits per heavy atom. The third-order valence-corrected chi connectivity index (χ3v) is 3.53. The van der Waals surface area contributed by atoms with Crippen LogP contribution < -0.4 is 10.6 Å². The van der Waals surface area contributed by atoms with E-state index in [2.05, 4.69) is 24.5 Å². The number of benzene rings is 1. The van der Waals surface area contributed by atoms with Crippen molar-refractivity contribution < 1.29 is 13.2 Å². The first-order chi connectivity index (χ1) is 9.28. The second-order valence-corrected chi connectivity index (χ2v) is 7.43. The summed E-state index contributed by atoms with van der Waals surface area (Å²) < 4.78 is 22.7. The van der Waals surface area contributed by atoms with Gasteiger partial charge in [-0.25, -0.2) is 13.2 Å². The zero-order chi connectivity index (χ0) is 15.2. The van der Waals surface area contributed by atoms with Gasteiger partial charge in [0.1, 0.15) is 0 Å². The number of sulfone groups is 1. The molecule has 112 valence electrons. The number of hydrogen-bond acceptors (Lipinski definition) is 3. The number of urea groups is 1. The van der Waals surface area contributed by atoms with E-state index in [1.54, 1.807) is 24.3 Å². The van der Waals surface area contributed by atoms with Crippen molar-refractivity contribution in [3.05, 3.63) is 29.8 Å². The summed E-state index contributed by atoms with van der Waals surface area (Å²) in [5.41, 5.74) is 1.12. The summed E-state index contributed by atoms with van der Waals surface area (Å²) in [5, 5.41) is 5.45. The number of carbonyl (C=O) groups is 1. The summed E-state index contributed by atoms with van der Waals surface area (Å²) in [4.78, 5) is 11.7. The highest BCUT2D eigenvalue weighted by atomic mass is 32.2. The molecule has 0 aromatic heterocycles. The minimum absolute atomic E-state index is 0.0878. The Morgan fingerprint density at radius 1 is 1.25 bits per heavy atom. The van der Waals surface area contributed by atoms with Crippen molar-refractivity contribution in [1.82, 2.24) is 5.32 Å². The van der Waals surface area contributed by atoms with Crippen LogP contribution in [0.1, 0.15) is 25.8 Å². The summed E-state index contributed by atoms with van der Waals surface area (Å²) in [5.74, 6) is 0.433. The van der Waals surface area contributed by atoms with Crippen molar-refractivity contribution in [1.29, 1.82) is 0 Å². The lowest BCUT2D eigenvalue weighted by atomic mass is 10.1. The fraction of sp³-hybridized carbons (Fsp3) is 0.500. The molecule has 0 saturated carbocycles. The van der Waals surface area contributed by atoms with Crippen LogP contribution in [0.2, 0.25) is 0 Å². The van der Waals surface area contributed by atoms with Crippen LogP contribution in [0, 0.1) is 5.92 Å². The van der Waals surface area contributed by atoms with Crippen LogP contribution in [0.15, 0.2) is 24.3 Å². The van der Waals surface area contributed by atoms with Crippen LogP contribution in [-0.4, -0.2) is 27.2 Å². The number of nitrogens with one attached hydrogen (secondary N) is 2. The summed E-state index contributed by atoms with van der Waals surface area (Å²) in [6.45, 7) is 4.76. The summed E-state index contributed by atoms with van der Waals surface area (Å²) in [6.07, 6.45) is 2.07. The van der Waals surface area contributed by atoms with Crippen LogP contribution in [0.3, 0.4) is 0 Å². The Hall–Kier alpha value is -1.56. The molecule has 1 aromatic rings. The first kappa shape index (κ1) is 16.5. The minimum Gasteiger partial charge on any atom is -0.338 e. The molecule has 0 aliphatic heterocycles. The van der Waals surface area contributed by atoms with Crippen molar-refractivity contribution in [3.63, 3.8) is 0 Å². The van der Waals surface area contributed by atoms with Crippen molar-refractivity contribution in [3.8, 4) is 0 Å². The van der Waals surface area contributed by atoms with E-state index in [0.717, 1.165) is 6.42 Å². The molecule has 0 aliphatic carbocycles. The van der Waals surface area contributed by atoms with Gasteiger partial charge in [-0.05, 0) is 24.0 Å². The Balaban J connectivity index is 2.65. The van der Waals surface area contributed by atoms with Crippen molar-refractivity contribution in [2.45, 2.75) is 26.0 Å². The van der Waals surface area contributed by atoms with E-state index in [1.807, 2.05) is 0 Å². The Labute approximate surface area is 120 Å². The van der Waals surface area contributed by atoms with Gasteiger partial charge in [0.25, 0.3) is 0 Å². The average Bonchev–Trinajstić information content (AvgIpc) is 2.29. The second-order valence-electron chi connectivity index (χ2n) is 5.29. The Morgan fingerprint density at radius 2 is 1.90 bits per heavy atom. The first-order valence-corrected chi connectivity index (χ1v) is 8.64. The van der Waals surface area contributed by atoms with Gasteiger partial charge >= 0.3 is 6.03 Å². The number of anilines is 1. The molecular weight excluding hydrogens is 276 g/mol. The fourth-order valence-corrected chi connectivity index (χ4v) is 2.51. The van der Waals surface area contributed by atoms with Crippen LogP contribution in [0.5, 0.6) is 0 Å². The van der Waals surface area contributed by atoms with E-state index in [-0.39, 0.29) is 11.8 Å². The molecule has 2 amide bonds. The fourth-order valence-electron chi connectivity index (χ4n) is 1.69. The molecule has 0 radical (unpaired) electrons. The lowest BCUT2D eigenvalue weighted by molar-refractivity contribution is 0.251. The number of carbonyl (C=O) groups excluding carboxylic acids is 1.